The quantitative estimate of drug-likeness (QED) is 0.332. The van der Waals surface area contributed by atoms with Crippen LogP contribution in [-0.4, -0.2) is 19.6 Å². The van der Waals surface area contributed by atoms with Crippen molar-refractivity contribution >= 4 is 34.2 Å². The van der Waals surface area contributed by atoms with Crippen molar-refractivity contribution in [3.8, 4) is 11.5 Å². The fourth-order valence-corrected chi connectivity index (χ4v) is 4.34. The average molecular weight is 474 g/mol. The summed E-state index contributed by atoms with van der Waals surface area (Å²) in [5, 5.41) is 0.739. The predicted molar refractivity (Wildman–Crippen MR) is 131 cm³/mol. The van der Waals surface area contributed by atoms with Gasteiger partial charge in [-0.25, -0.2) is 0 Å². The van der Waals surface area contributed by atoms with Crippen LogP contribution in [-0.2, 0) is 0 Å². The molecule has 7 heteroatoms. The van der Waals surface area contributed by atoms with Crippen LogP contribution in [0, 0.1) is 0 Å². The van der Waals surface area contributed by atoms with Crippen LogP contribution in [0.2, 0.25) is 5.02 Å². The minimum absolute atomic E-state index is 0.0209. The van der Waals surface area contributed by atoms with Crippen molar-refractivity contribution in [2.45, 2.75) is 6.04 Å². The van der Waals surface area contributed by atoms with Crippen LogP contribution in [0.15, 0.2) is 88.6 Å². The molecular weight excluding hydrogens is 454 g/mol. The van der Waals surface area contributed by atoms with Gasteiger partial charge in [0.25, 0.3) is 5.91 Å². The van der Waals surface area contributed by atoms with Crippen LogP contribution in [0.25, 0.3) is 11.0 Å². The lowest BCUT2D eigenvalue weighted by molar-refractivity contribution is 0.0971. The Morgan fingerprint density at radius 1 is 1.03 bits per heavy atom. The molecule has 2 heterocycles. The highest BCUT2D eigenvalue weighted by Gasteiger charge is 2.43. The fraction of sp³-hybridized carbons (Fsp3) is 0.111. The summed E-state index contributed by atoms with van der Waals surface area (Å²) < 4.78 is 16.8. The van der Waals surface area contributed by atoms with Crippen molar-refractivity contribution < 1.29 is 18.7 Å². The highest BCUT2D eigenvalue weighted by Crippen LogP contribution is 2.42. The molecule has 0 fully saturated rings. The molecular formula is C27H20ClNO5. The molecule has 0 saturated heterocycles. The molecule has 0 saturated carbocycles. The zero-order chi connectivity index (χ0) is 23.8. The number of ether oxygens (including phenoxy) is 2. The number of amides is 1. The third-order valence-electron chi connectivity index (χ3n) is 5.75. The van der Waals surface area contributed by atoms with Crippen LogP contribution in [0.5, 0.6) is 11.5 Å². The molecule has 3 aromatic carbocycles. The van der Waals surface area contributed by atoms with Gasteiger partial charge >= 0.3 is 0 Å². The first-order chi connectivity index (χ1) is 16.5. The van der Waals surface area contributed by atoms with Crippen LogP contribution in [0.1, 0.15) is 27.7 Å². The molecule has 170 valence electrons. The minimum atomic E-state index is -0.691. The Hall–Kier alpha value is -4.03. The molecule has 5 rings (SSSR count). The van der Waals surface area contributed by atoms with Gasteiger partial charge in [-0.05, 0) is 60.2 Å². The largest absolute Gasteiger partial charge is 0.497 e. The topological polar surface area (TPSA) is 69.0 Å². The van der Waals surface area contributed by atoms with Gasteiger partial charge in [-0.1, -0.05) is 36.4 Å². The number of halogens is 1. The van der Waals surface area contributed by atoms with Gasteiger partial charge in [0.1, 0.15) is 23.7 Å². The second-order valence-electron chi connectivity index (χ2n) is 7.76. The molecule has 4 aromatic rings. The van der Waals surface area contributed by atoms with E-state index in [1.165, 1.54) is 0 Å². The highest BCUT2D eigenvalue weighted by molar-refractivity contribution is 6.31. The summed E-state index contributed by atoms with van der Waals surface area (Å²) in [7, 11) is 1.57. The standard InChI is InChI=1S/C27H20ClNO5/c1-3-14-33-20-9-4-16(5-10-20)24-23-25(30)21-15-17(28)6-13-22(21)34-26(23)27(31)29(24)18-7-11-19(32-2)12-8-18/h3-13,15,24H,1,14H2,2H3. The smallest absolute Gasteiger partial charge is 0.295 e. The van der Waals surface area contributed by atoms with Crippen LogP contribution < -0.4 is 19.8 Å². The van der Waals surface area contributed by atoms with Gasteiger partial charge < -0.3 is 13.9 Å². The second-order valence-corrected chi connectivity index (χ2v) is 8.20. The summed E-state index contributed by atoms with van der Waals surface area (Å²) in [5.41, 5.74) is 1.64. The van der Waals surface area contributed by atoms with Gasteiger partial charge in [-0.3, -0.25) is 14.5 Å². The lowest BCUT2D eigenvalue weighted by atomic mass is 9.98. The Balaban J connectivity index is 1.71. The summed E-state index contributed by atoms with van der Waals surface area (Å²) in [4.78, 5) is 28.8. The molecule has 0 radical (unpaired) electrons. The number of rotatable bonds is 6. The number of carbonyl (C=O) groups excluding carboxylic acids is 1. The Labute approximate surface area is 200 Å². The maximum atomic E-state index is 13.6. The first-order valence-corrected chi connectivity index (χ1v) is 11.0. The normalized spacial score (nSPS) is 14.8. The number of fused-ring (bicyclic) bond motifs is 2. The van der Waals surface area contributed by atoms with Crippen molar-refractivity contribution in [2.75, 3.05) is 18.6 Å². The number of hydrogen-bond donors (Lipinski definition) is 0. The van der Waals surface area contributed by atoms with Crippen LogP contribution in [0.3, 0.4) is 0 Å². The average Bonchev–Trinajstić information content (AvgIpc) is 3.16. The molecule has 1 amide bonds. The van der Waals surface area contributed by atoms with E-state index in [-0.39, 0.29) is 16.8 Å². The molecule has 1 atom stereocenters. The monoisotopic (exact) mass is 473 g/mol. The van der Waals surface area contributed by atoms with E-state index in [1.807, 2.05) is 12.1 Å². The number of anilines is 1. The molecule has 0 spiro atoms. The number of benzene rings is 3. The van der Waals surface area contributed by atoms with E-state index in [2.05, 4.69) is 6.58 Å². The van der Waals surface area contributed by atoms with Crippen molar-refractivity contribution in [3.63, 3.8) is 0 Å². The third kappa shape index (κ3) is 3.62. The predicted octanol–water partition coefficient (Wildman–Crippen LogP) is 5.77. The first kappa shape index (κ1) is 21.8. The van der Waals surface area contributed by atoms with Gasteiger partial charge in [-0.2, -0.15) is 0 Å². The van der Waals surface area contributed by atoms with E-state index in [9.17, 15) is 9.59 Å². The summed E-state index contributed by atoms with van der Waals surface area (Å²) in [6.07, 6.45) is 1.66. The molecule has 34 heavy (non-hydrogen) atoms. The Kier molecular flexibility index (Phi) is 5.59. The SMILES string of the molecule is C=CCOc1ccc(C2c3c(oc4ccc(Cl)cc4c3=O)C(=O)N2c2ccc(OC)cc2)cc1. The summed E-state index contributed by atoms with van der Waals surface area (Å²) in [6.45, 7) is 4.03. The van der Waals surface area contributed by atoms with Crippen LogP contribution in [0.4, 0.5) is 5.69 Å². The molecule has 0 aliphatic carbocycles. The summed E-state index contributed by atoms with van der Waals surface area (Å²) in [6, 6.07) is 18.4. The highest BCUT2D eigenvalue weighted by atomic mass is 35.5. The Morgan fingerprint density at radius 2 is 1.74 bits per heavy atom. The van der Waals surface area contributed by atoms with E-state index < -0.39 is 11.9 Å². The maximum absolute atomic E-state index is 13.6. The molecule has 0 N–H and O–H groups in total. The van der Waals surface area contributed by atoms with E-state index in [1.54, 1.807) is 72.7 Å². The van der Waals surface area contributed by atoms with Crippen LogP contribution >= 0.6 is 11.6 Å². The second kappa shape index (κ2) is 8.72. The van der Waals surface area contributed by atoms with Crippen molar-refractivity contribution in [3.05, 3.63) is 112 Å². The van der Waals surface area contributed by atoms with Gasteiger partial charge in [-0.15, -0.1) is 0 Å². The van der Waals surface area contributed by atoms with Crippen molar-refractivity contribution in [2.24, 2.45) is 0 Å². The Morgan fingerprint density at radius 3 is 2.41 bits per heavy atom. The molecule has 6 nitrogen and oxygen atoms in total. The zero-order valence-electron chi connectivity index (χ0n) is 18.3. The fourth-order valence-electron chi connectivity index (χ4n) is 4.17. The summed E-state index contributed by atoms with van der Waals surface area (Å²) >= 11 is 6.15. The van der Waals surface area contributed by atoms with E-state index in [0.717, 1.165) is 5.56 Å². The molecule has 1 unspecified atom stereocenters. The third-order valence-corrected chi connectivity index (χ3v) is 5.98. The molecule has 1 aliphatic heterocycles. The molecule has 1 aliphatic rings. The molecule has 1 aromatic heterocycles. The van der Waals surface area contributed by atoms with Gasteiger partial charge in [0.05, 0.1) is 24.1 Å². The summed E-state index contributed by atoms with van der Waals surface area (Å²) in [5.74, 6) is 0.933. The maximum Gasteiger partial charge on any atom is 0.295 e. The van der Waals surface area contributed by atoms with E-state index >= 15 is 0 Å². The van der Waals surface area contributed by atoms with Crippen molar-refractivity contribution in [1.82, 2.24) is 0 Å². The lowest BCUT2D eigenvalue weighted by Gasteiger charge is -2.25. The van der Waals surface area contributed by atoms with Gasteiger partial charge in [0.2, 0.25) is 5.76 Å². The van der Waals surface area contributed by atoms with Gasteiger partial charge in [0, 0.05) is 10.7 Å². The number of hydrogen-bond acceptors (Lipinski definition) is 5. The molecule has 0 bridgehead atoms. The van der Waals surface area contributed by atoms with E-state index in [0.29, 0.717) is 39.8 Å². The lowest BCUT2D eigenvalue weighted by Crippen LogP contribution is -2.29. The number of methoxy groups -OCH3 is 1. The zero-order valence-corrected chi connectivity index (χ0v) is 19.0. The Bertz CT molecular complexity index is 1460. The number of nitrogens with zero attached hydrogens (tertiary/aromatic N) is 1. The first-order valence-electron chi connectivity index (χ1n) is 10.6. The number of carbonyl (C=O) groups is 1. The minimum Gasteiger partial charge on any atom is -0.497 e. The van der Waals surface area contributed by atoms with Gasteiger partial charge in [0.15, 0.2) is 5.43 Å². The van der Waals surface area contributed by atoms with E-state index in [4.69, 9.17) is 25.5 Å². The van der Waals surface area contributed by atoms with Crippen molar-refractivity contribution in [1.29, 1.82) is 0 Å².